The highest BCUT2D eigenvalue weighted by Gasteiger charge is 2.43. The van der Waals surface area contributed by atoms with Crippen molar-refractivity contribution in [2.45, 2.75) is 38.2 Å². The fourth-order valence-corrected chi connectivity index (χ4v) is 3.56. The minimum atomic E-state index is -4.22. The van der Waals surface area contributed by atoms with E-state index in [0.717, 1.165) is 19.3 Å². The number of aromatic nitrogens is 2. The summed E-state index contributed by atoms with van der Waals surface area (Å²) in [6.45, 7) is 2.55. The molecule has 1 aliphatic heterocycles. The lowest BCUT2D eigenvalue weighted by Crippen LogP contribution is -2.42. The van der Waals surface area contributed by atoms with Crippen LogP contribution in [0.15, 0.2) is 34.0 Å². The van der Waals surface area contributed by atoms with Crippen molar-refractivity contribution < 1.29 is 18.4 Å². The molecule has 1 saturated heterocycles. The van der Waals surface area contributed by atoms with Crippen molar-refractivity contribution in [3.05, 3.63) is 61.4 Å². The molecule has 1 aliphatic rings. The highest BCUT2D eigenvalue weighted by molar-refractivity contribution is 6.34. The zero-order valence-electron chi connectivity index (χ0n) is 15.9. The van der Waals surface area contributed by atoms with Crippen LogP contribution in [0.2, 0.25) is 5.02 Å². The van der Waals surface area contributed by atoms with Crippen molar-refractivity contribution in [2.24, 2.45) is 0 Å². The highest BCUT2D eigenvalue weighted by atomic mass is 35.5. The highest BCUT2D eigenvalue weighted by Crippen LogP contribution is 2.29. The summed E-state index contributed by atoms with van der Waals surface area (Å²) in [6, 6.07) is 3.88. The number of anilines is 1. The number of rotatable bonds is 4. The molecule has 2 heterocycles. The molecule has 0 spiro atoms. The number of halogens is 3. The smallest absolute Gasteiger partial charge is 0.336 e. The van der Waals surface area contributed by atoms with Crippen LogP contribution in [0.5, 0.6) is 0 Å². The number of amides is 2. The second-order valence-electron chi connectivity index (χ2n) is 7.05. The molecule has 3 rings (SSSR count). The van der Waals surface area contributed by atoms with Gasteiger partial charge in [0.15, 0.2) is 0 Å². The molecule has 1 atom stereocenters. The van der Waals surface area contributed by atoms with Gasteiger partial charge in [-0.1, -0.05) is 11.6 Å². The van der Waals surface area contributed by atoms with E-state index in [2.05, 4.69) is 0 Å². The van der Waals surface area contributed by atoms with E-state index in [1.54, 1.807) is 9.88 Å². The summed E-state index contributed by atoms with van der Waals surface area (Å²) < 4.78 is 28.7. The maximum absolute atomic E-state index is 14.4. The van der Waals surface area contributed by atoms with Crippen LogP contribution >= 0.6 is 11.6 Å². The number of aromatic amines is 2. The lowest BCUT2D eigenvalue weighted by molar-refractivity contribution is -0.141. The Morgan fingerprint density at radius 3 is 2.63 bits per heavy atom. The van der Waals surface area contributed by atoms with Crippen LogP contribution in [0.3, 0.4) is 0 Å². The topological polar surface area (TPSA) is 115 Å². The molecule has 1 aromatic carbocycles. The van der Waals surface area contributed by atoms with Gasteiger partial charge in [0.05, 0.1) is 10.6 Å². The van der Waals surface area contributed by atoms with Crippen molar-refractivity contribution >= 4 is 29.1 Å². The molecule has 3 N–H and O–H groups in total. The minimum Gasteiger partial charge on any atom is -0.336 e. The average molecular weight is 441 g/mol. The van der Waals surface area contributed by atoms with Crippen molar-refractivity contribution in [1.82, 2.24) is 14.9 Å². The van der Waals surface area contributed by atoms with E-state index < -0.39 is 28.6 Å². The molecule has 1 fully saturated rings. The molecular weight excluding hydrogens is 422 g/mol. The third kappa shape index (κ3) is 4.28. The largest absolute Gasteiger partial charge is 0.356 e. The minimum absolute atomic E-state index is 0.000721. The van der Waals surface area contributed by atoms with Crippen LogP contribution in [0, 0.1) is 0 Å². The van der Waals surface area contributed by atoms with E-state index in [1.165, 1.54) is 18.2 Å². The predicted molar refractivity (Wildman–Crippen MR) is 106 cm³/mol. The van der Waals surface area contributed by atoms with E-state index in [4.69, 9.17) is 11.6 Å². The molecule has 8 nitrogen and oxygen atoms in total. The number of H-pyrrole nitrogens is 2. The maximum Gasteiger partial charge on any atom is 0.356 e. The number of likely N-dealkylation sites (tertiary alicyclic amines) is 1. The second kappa shape index (κ2) is 8.39. The Hall–Kier alpha value is -3.01. The summed E-state index contributed by atoms with van der Waals surface area (Å²) in [4.78, 5) is 52.6. The SMILES string of the molecule is CC1CCCCN1C(=O)c1ccc(NC(=O)C(F)(F)c2c[nH]c(=O)[nH]c2=O)cc1Cl. The van der Waals surface area contributed by atoms with Crippen LogP contribution in [0.1, 0.15) is 42.1 Å². The standard InChI is InChI=1S/C19H19ClF2N4O4/c1-10-4-2-3-7-26(10)16(28)12-6-5-11(8-14(12)20)24-17(29)19(21,22)13-9-23-18(30)25-15(13)27/h5-6,8-10H,2-4,7H2,1H3,(H,24,29)(H2,23,25,27,30). The summed E-state index contributed by atoms with van der Waals surface area (Å²) >= 11 is 6.17. The number of piperidine rings is 1. The number of nitrogens with zero attached hydrogens (tertiary/aromatic N) is 1. The molecule has 1 unspecified atom stereocenters. The lowest BCUT2D eigenvalue weighted by Gasteiger charge is -2.33. The van der Waals surface area contributed by atoms with Gasteiger partial charge >= 0.3 is 11.6 Å². The molecule has 2 aromatic rings. The van der Waals surface area contributed by atoms with Crippen LogP contribution in [0.25, 0.3) is 0 Å². The number of alkyl halides is 2. The fourth-order valence-electron chi connectivity index (χ4n) is 3.30. The molecule has 0 radical (unpaired) electrons. The molecule has 2 amide bonds. The van der Waals surface area contributed by atoms with Gasteiger partial charge in [-0.3, -0.25) is 19.4 Å². The van der Waals surface area contributed by atoms with Gasteiger partial charge in [-0.25, -0.2) is 4.79 Å². The Balaban J connectivity index is 1.79. The summed E-state index contributed by atoms with van der Waals surface area (Å²) in [5, 5.41) is 1.98. The Bertz CT molecular complexity index is 1100. The van der Waals surface area contributed by atoms with Gasteiger partial charge in [-0.15, -0.1) is 0 Å². The maximum atomic E-state index is 14.4. The number of carbonyl (C=O) groups is 2. The van der Waals surface area contributed by atoms with Crippen LogP contribution in [0.4, 0.5) is 14.5 Å². The lowest BCUT2D eigenvalue weighted by atomic mass is 10.0. The number of hydrogen-bond acceptors (Lipinski definition) is 4. The Morgan fingerprint density at radius 2 is 2.00 bits per heavy atom. The third-order valence-corrected chi connectivity index (χ3v) is 5.28. The van der Waals surface area contributed by atoms with E-state index in [-0.39, 0.29) is 28.2 Å². The van der Waals surface area contributed by atoms with Crippen molar-refractivity contribution in [3.8, 4) is 0 Å². The quantitative estimate of drug-likeness (QED) is 0.677. The second-order valence-corrected chi connectivity index (χ2v) is 7.46. The zero-order chi connectivity index (χ0) is 22.1. The fraction of sp³-hybridized carbons (Fsp3) is 0.368. The van der Waals surface area contributed by atoms with E-state index in [9.17, 15) is 28.0 Å². The van der Waals surface area contributed by atoms with Crippen molar-refractivity contribution in [1.29, 1.82) is 0 Å². The molecule has 0 bridgehead atoms. The first-order chi connectivity index (χ1) is 14.1. The Labute approximate surface area is 174 Å². The van der Waals surface area contributed by atoms with E-state index in [0.29, 0.717) is 12.7 Å². The number of hydrogen-bond donors (Lipinski definition) is 3. The van der Waals surface area contributed by atoms with Gasteiger partial charge in [0.25, 0.3) is 17.4 Å². The molecule has 0 saturated carbocycles. The number of nitrogens with one attached hydrogen (secondary N) is 3. The number of benzene rings is 1. The summed E-state index contributed by atoms with van der Waals surface area (Å²) in [5.41, 5.74) is -3.44. The molecule has 0 aliphatic carbocycles. The van der Waals surface area contributed by atoms with Crippen molar-refractivity contribution in [2.75, 3.05) is 11.9 Å². The zero-order valence-corrected chi connectivity index (χ0v) is 16.7. The molecule has 30 heavy (non-hydrogen) atoms. The number of carbonyl (C=O) groups excluding carboxylic acids is 2. The van der Waals surface area contributed by atoms with Crippen LogP contribution < -0.4 is 16.6 Å². The summed E-state index contributed by atoms with van der Waals surface area (Å²) in [6.07, 6.45) is 3.29. The Morgan fingerprint density at radius 1 is 1.27 bits per heavy atom. The monoisotopic (exact) mass is 440 g/mol. The van der Waals surface area contributed by atoms with Gasteiger partial charge in [0.2, 0.25) is 0 Å². The first-order valence-electron chi connectivity index (χ1n) is 9.23. The van der Waals surface area contributed by atoms with Crippen molar-refractivity contribution in [3.63, 3.8) is 0 Å². The molecule has 11 heteroatoms. The van der Waals surface area contributed by atoms with Crippen LogP contribution in [-0.4, -0.2) is 39.3 Å². The normalized spacial score (nSPS) is 16.9. The Kier molecular flexibility index (Phi) is 6.06. The van der Waals surface area contributed by atoms with E-state index >= 15 is 0 Å². The van der Waals surface area contributed by atoms with Gasteiger partial charge in [-0.2, -0.15) is 8.78 Å². The first-order valence-corrected chi connectivity index (χ1v) is 9.61. The van der Waals surface area contributed by atoms with Crippen LogP contribution in [-0.2, 0) is 10.7 Å². The van der Waals surface area contributed by atoms with Gasteiger partial charge in [-0.05, 0) is 44.4 Å². The molecular formula is C19H19ClF2N4O4. The third-order valence-electron chi connectivity index (χ3n) is 4.96. The van der Waals surface area contributed by atoms with Gasteiger partial charge in [0.1, 0.15) is 5.56 Å². The van der Waals surface area contributed by atoms with Gasteiger partial charge in [0, 0.05) is 24.5 Å². The average Bonchev–Trinajstić information content (AvgIpc) is 2.67. The first kappa shape index (κ1) is 21.7. The van der Waals surface area contributed by atoms with E-state index in [1.807, 2.05) is 17.2 Å². The van der Waals surface area contributed by atoms with Gasteiger partial charge < -0.3 is 15.2 Å². The summed E-state index contributed by atoms with van der Waals surface area (Å²) in [7, 11) is 0. The predicted octanol–water partition coefficient (Wildman–Crippen LogP) is 2.46. The molecule has 160 valence electrons. The molecule has 1 aromatic heterocycles. The summed E-state index contributed by atoms with van der Waals surface area (Å²) in [5.74, 6) is -6.28.